The van der Waals surface area contributed by atoms with Crippen molar-refractivity contribution in [2.75, 3.05) is 7.05 Å². The van der Waals surface area contributed by atoms with Crippen LogP contribution in [0.2, 0.25) is 0 Å². The summed E-state index contributed by atoms with van der Waals surface area (Å²) < 4.78 is 2.23. The Labute approximate surface area is 124 Å². The van der Waals surface area contributed by atoms with Gasteiger partial charge in [-0.1, -0.05) is 39.5 Å². The number of nitrogens with one attached hydrogen (secondary N) is 1. The molecule has 1 N–H and O–H groups in total. The normalized spacial score (nSPS) is 19.9. The van der Waals surface area contributed by atoms with Crippen molar-refractivity contribution < 1.29 is 0 Å². The summed E-state index contributed by atoms with van der Waals surface area (Å²) in [5.74, 6) is 0.785. The van der Waals surface area contributed by atoms with Gasteiger partial charge in [0.05, 0.1) is 11.7 Å². The molecule has 0 aromatic carbocycles. The molecule has 1 fully saturated rings. The maximum Gasteiger partial charge on any atom is 0.0640 e. The Kier molecular flexibility index (Phi) is 6.08. The molecule has 114 valence electrons. The minimum absolute atomic E-state index is 0.555. The molecule has 20 heavy (non-hydrogen) atoms. The second kappa shape index (κ2) is 7.82. The third-order valence-electron chi connectivity index (χ3n) is 4.86. The van der Waals surface area contributed by atoms with Crippen LogP contribution in [-0.2, 0) is 6.42 Å². The maximum absolute atomic E-state index is 4.83. The summed E-state index contributed by atoms with van der Waals surface area (Å²) >= 11 is 0. The lowest BCUT2D eigenvalue weighted by Gasteiger charge is -2.22. The van der Waals surface area contributed by atoms with E-state index >= 15 is 0 Å². The number of aromatic nitrogens is 2. The maximum atomic E-state index is 4.83. The van der Waals surface area contributed by atoms with E-state index in [1.165, 1.54) is 50.6 Å². The summed E-state index contributed by atoms with van der Waals surface area (Å²) in [4.78, 5) is 0. The van der Waals surface area contributed by atoms with Gasteiger partial charge >= 0.3 is 0 Å². The van der Waals surface area contributed by atoms with E-state index in [4.69, 9.17) is 5.10 Å². The van der Waals surface area contributed by atoms with Gasteiger partial charge < -0.3 is 5.32 Å². The number of hydrogen-bond donors (Lipinski definition) is 1. The quantitative estimate of drug-likeness (QED) is 0.817. The molecule has 1 aliphatic carbocycles. The van der Waals surface area contributed by atoms with Gasteiger partial charge in [0, 0.05) is 18.7 Å². The minimum Gasteiger partial charge on any atom is -0.317 e. The SMILES string of the molecule is CCC(C)CC(Cc1ccn(C2CCCCC2)n1)NC. The second-order valence-corrected chi connectivity index (χ2v) is 6.52. The lowest BCUT2D eigenvalue weighted by Crippen LogP contribution is -2.29. The fourth-order valence-corrected chi connectivity index (χ4v) is 3.24. The lowest BCUT2D eigenvalue weighted by atomic mass is 9.96. The lowest BCUT2D eigenvalue weighted by molar-refractivity contribution is 0.326. The Morgan fingerprint density at radius 1 is 1.35 bits per heavy atom. The molecule has 0 bridgehead atoms. The molecule has 0 aliphatic heterocycles. The van der Waals surface area contributed by atoms with Crippen LogP contribution in [0.15, 0.2) is 12.3 Å². The molecule has 0 spiro atoms. The largest absolute Gasteiger partial charge is 0.317 e. The van der Waals surface area contributed by atoms with Gasteiger partial charge in [-0.3, -0.25) is 4.68 Å². The number of rotatable bonds is 7. The van der Waals surface area contributed by atoms with E-state index in [9.17, 15) is 0 Å². The van der Waals surface area contributed by atoms with E-state index < -0.39 is 0 Å². The summed E-state index contributed by atoms with van der Waals surface area (Å²) in [6.45, 7) is 4.61. The van der Waals surface area contributed by atoms with Crippen molar-refractivity contribution in [2.45, 2.75) is 77.3 Å². The highest BCUT2D eigenvalue weighted by Crippen LogP contribution is 2.27. The van der Waals surface area contributed by atoms with Crippen LogP contribution in [-0.4, -0.2) is 22.9 Å². The molecule has 1 heterocycles. The van der Waals surface area contributed by atoms with Crippen LogP contribution in [0.4, 0.5) is 0 Å². The zero-order valence-electron chi connectivity index (χ0n) is 13.4. The zero-order chi connectivity index (χ0) is 14.4. The average molecular weight is 277 g/mol. The number of nitrogens with zero attached hydrogens (tertiary/aromatic N) is 2. The van der Waals surface area contributed by atoms with Gasteiger partial charge in [-0.05, 0) is 38.3 Å². The van der Waals surface area contributed by atoms with E-state index in [-0.39, 0.29) is 0 Å². The molecule has 2 atom stereocenters. The van der Waals surface area contributed by atoms with Crippen molar-refractivity contribution in [1.82, 2.24) is 15.1 Å². The van der Waals surface area contributed by atoms with Gasteiger partial charge in [0.1, 0.15) is 0 Å². The van der Waals surface area contributed by atoms with Crippen molar-refractivity contribution >= 4 is 0 Å². The molecule has 1 aromatic heterocycles. The summed E-state index contributed by atoms with van der Waals surface area (Å²) in [5, 5.41) is 8.29. The van der Waals surface area contributed by atoms with E-state index in [1.54, 1.807) is 0 Å². The van der Waals surface area contributed by atoms with Crippen molar-refractivity contribution in [1.29, 1.82) is 0 Å². The Hall–Kier alpha value is -0.830. The van der Waals surface area contributed by atoms with Crippen LogP contribution >= 0.6 is 0 Å². The summed E-state index contributed by atoms with van der Waals surface area (Å²) in [5.41, 5.74) is 1.25. The van der Waals surface area contributed by atoms with Crippen LogP contribution in [0.1, 0.15) is 70.5 Å². The van der Waals surface area contributed by atoms with Crippen molar-refractivity contribution in [3.05, 3.63) is 18.0 Å². The highest BCUT2D eigenvalue weighted by Gasteiger charge is 2.17. The number of hydrogen-bond acceptors (Lipinski definition) is 2. The molecule has 2 rings (SSSR count). The molecule has 1 saturated carbocycles. The van der Waals surface area contributed by atoms with Crippen LogP contribution in [0.3, 0.4) is 0 Å². The molecule has 2 unspecified atom stereocenters. The van der Waals surface area contributed by atoms with Gasteiger partial charge in [0.15, 0.2) is 0 Å². The second-order valence-electron chi connectivity index (χ2n) is 6.52. The van der Waals surface area contributed by atoms with E-state index in [0.29, 0.717) is 12.1 Å². The summed E-state index contributed by atoms with van der Waals surface area (Å²) in [6, 6.07) is 3.43. The van der Waals surface area contributed by atoms with Gasteiger partial charge in [0.25, 0.3) is 0 Å². The summed E-state index contributed by atoms with van der Waals surface area (Å²) in [6.07, 6.45) is 12.5. The highest BCUT2D eigenvalue weighted by molar-refractivity contribution is 5.02. The molecule has 3 nitrogen and oxygen atoms in total. The van der Waals surface area contributed by atoms with Gasteiger partial charge in [-0.25, -0.2) is 0 Å². The predicted octanol–water partition coefficient (Wildman–Crippen LogP) is 3.96. The Morgan fingerprint density at radius 3 is 2.75 bits per heavy atom. The van der Waals surface area contributed by atoms with Gasteiger partial charge in [0.2, 0.25) is 0 Å². The molecular weight excluding hydrogens is 246 g/mol. The zero-order valence-corrected chi connectivity index (χ0v) is 13.4. The molecule has 0 saturated heterocycles. The van der Waals surface area contributed by atoms with E-state index in [0.717, 1.165) is 12.3 Å². The fraction of sp³-hybridized carbons (Fsp3) is 0.824. The van der Waals surface area contributed by atoms with Crippen molar-refractivity contribution in [2.24, 2.45) is 5.92 Å². The molecule has 1 aromatic rings. The third-order valence-corrected chi connectivity index (χ3v) is 4.86. The van der Waals surface area contributed by atoms with Crippen LogP contribution in [0, 0.1) is 5.92 Å². The minimum atomic E-state index is 0.555. The van der Waals surface area contributed by atoms with E-state index in [1.807, 2.05) is 0 Å². The first-order valence-electron chi connectivity index (χ1n) is 8.44. The predicted molar refractivity (Wildman–Crippen MR) is 85.0 cm³/mol. The topological polar surface area (TPSA) is 29.9 Å². The first kappa shape index (κ1) is 15.6. The Balaban J connectivity index is 1.90. The van der Waals surface area contributed by atoms with Crippen molar-refractivity contribution in [3.63, 3.8) is 0 Å². The fourth-order valence-electron chi connectivity index (χ4n) is 3.24. The van der Waals surface area contributed by atoms with Crippen molar-refractivity contribution in [3.8, 4) is 0 Å². The molecule has 3 heteroatoms. The Bertz CT molecular complexity index is 379. The highest BCUT2D eigenvalue weighted by atomic mass is 15.3. The third kappa shape index (κ3) is 4.34. The van der Waals surface area contributed by atoms with Crippen LogP contribution in [0.25, 0.3) is 0 Å². The van der Waals surface area contributed by atoms with Gasteiger partial charge in [-0.2, -0.15) is 5.10 Å². The first-order chi connectivity index (χ1) is 9.72. The summed E-state index contributed by atoms with van der Waals surface area (Å²) in [7, 11) is 2.07. The van der Waals surface area contributed by atoms with Gasteiger partial charge in [-0.15, -0.1) is 0 Å². The monoisotopic (exact) mass is 277 g/mol. The van der Waals surface area contributed by atoms with Crippen LogP contribution in [0.5, 0.6) is 0 Å². The molecular formula is C17H31N3. The molecule has 0 radical (unpaired) electrons. The van der Waals surface area contributed by atoms with Crippen LogP contribution < -0.4 is 5.32 Å². The first-order valence-corrected chi connectivity index (χ1v) is 8.44. The Morgan fingerprint density at radius 2 is 2.10 bits per heavy atom. The molecule has 0 amide bonds. The average Bonchev–Trinajstić information content (AvgIpc) is 2.95. The van der Waals surface area contributed by atoms with E-state index in [2.05, 4.69) is 43.2 Å². The standard InChI is InChI=1S/C17H31N3/c1-4-14(2)12-16(18-3)13-15-10-11-20(19-15)17-8-6-5-7-9-17/h10-11,14,16-18H,4-9,12-13H2,1-3H3. The molecule has 1 aliphatic rings. The number of likely N-dealkylation sites (N-methyl/N-ethyl adjacent to an activating group) is 1. The smallest absolute Gasteiger partial charge is 0.0640 e.